The number of ether oxygens (including phenoxy) is 1. The van der Waals surface area contributed by atoms with Crippen LogP contribution in [0, 0.1) is 0 Å². The van der Waals surface area contributed by atoms with Gasteiger partial charge in [-0.15, -0.1) is 0 Å². The second kappa shape index (κ2) is 8.10. The number of carbonyl (C=O) groups excluding carboxylic acids is 1. The molecule has 2 rings (SSSR count). The molecule has 1 N–H and O–H groups in total. The van der Waals surface area contributed by atoms with Crippen LogP contribution in [-0.4, -0.2) is 12.4 Å². The van der Waals surface area contributed by atoms with E-state index in [0.29, 0.717) is 13.0 Å². The van der Waals surface area contributed by atoms with E-state index in [2.05, 4.69) is 5.32 Å². The van der Waals surface area contributed by atoms with Crippen LogP contribution in [0.2, 0.25) is 0 Å². The first-order chi connectivity index (χ1) is 10.2. The minimum atomic E-state index is 0.242. The largest absolute Gasteiger partial charge is 0.494 e. The standard InChI is InChI=1S/C18H21NO2/c1-15(20)7-5-6-14-21-18-12-10-17(11-13-18)19-16-8-3-2-4-9-16/h2-4,8-13,19H,5-7,14H2,1H3. The lowest BCUT2D eigenvalue weighted by molar-refractivity contribution is -0.117. The fourth-order valence-electron chi connectivity index (χ4n) is 1.99. The van der Waals surface area contributed by atoms with Crippen LogP contribution in [0.25, 0.3) is 0 Å². The Labute approximate surface area is 126 Å². The van der Waals surface area contributed by atoms with Gasteiger partial charge in [-0.3, -0.25) is 0 Å². The molecule has 0 amide bonds. The van der Waals surface area contributed by atoms with Gasteiger partial charge in [0.25, 0.3) is 0 Å². The van der Waals surface area contributed by atoms with E-state index in [1.54, 1.807) is 6.92 Å². The van der Waals surface area contributed by atoms with Crippen molar-refractivity contribution in [3.05, 3.63) is 54.6 Å². The Morgan fingerprint density at radius 2 is 1.62 bits per heavy atom. The maximum absolute atomic E-state index is 10.8. The highest BCUT2D eigenvalue weighted by atomic mass is 16.5. The summed E-state index contributed by atoms with van der Waals surface area (Å²) in [6, 6.07) is 18.0. The fourth-order valence-corrected chi connectivity index (χ4v) is 1.99. The van der Waals surface area contributed by atoms with E-state index >= 15 is 0 Å². The molecule has 3 nitrogen and oxygen atoms in total. The van der Waals surface area contributed by atoms with Crippen LogP contribution in [0.3, 0.4) is 0 Å². The Hall–Kier alpha value is -2.29. The number of anilines is 2. The van der Waals surface area contributed by atoms with Crippen molar-refractivity contribution in [1.82, 2.24) is 0 Å². The van der Waals surface area contributed by atoms with Crippen molar-refractivity contribution in [1.29, 1.82) is 0 Å². The summed E-state index contributed by atoms with van der Waals surface area (Å²) in [6.07, 6.45) is 2.44. The maximum Gasteiger partial charge on any atom is 0.129 e. The predicted octanol–water partition coefficient (Wildman–Crippen LogP) is 4.57. The van der Waals surface area contributed by atoms with E-state index < -0.39 is 0 Å². The topological polar surface area (TPSA) is 38.3 Å². The average Bonchev–Trinajstić information content (AvgIpc) is 2.49. The molecule has 2 aromatic rings. The normalized spacial score (nSPS) is 10.1. The van der Waals surface area contributed by atoms with Crippen LogP contribution in [0.15, 0.2) is 54.6 Å². The molecule has 0 fully saturated rings. The van der Waals surface area contributed by atoms with Crippen molar-refractivity contribution in [3.63, 3.8) is 0 Å². The van der Waals surface area contributed by atoms with Gasteiger partial charge in [-0.1, -0.05) is 18.2 Å². The summed E-state index contributed by atoms with van der Waals surface area (Å²) < 4.78 is 5.65. The highest BCUT2D eigenvalue weighted by Gasteiger charge is 1.98. The molecular weight excluding hydrogens is 262 g/mol. The third kappa shape index (κ3) is 5.69. The van der Waals surface area contributed by atoms with Crippen molar-refractivity contribution >= 4 is 17.2 Å². The van der Waals surface area contributed by atoms with Crippen LogP contribution in [-0.2, 0) is 4.79 Å². The summed E-state index contributed by atoms with van der Waals surface area (Å²) in [5, 5.41) is 3.33. The zero-order chi connectivity index (χ0) is 14.9. The molecule has 21 heavy (non-hydrogen) atoms. The first-order valence-electron chi connectivity index (χ1n) is 7.28. The number of para-hydroxylation sites is 1. The Bertz CT molecular complexity index is 549. The Kier molecular flexibility index (Phi) is 5.83. The van der Waals surface area contributed by atoms with E-state index in [4.69, 9.17) is 4.74 Å². The van der Waals surface area contributed by atoms with Gasteiger partial charge in [0.05, 0.1) is 6.61 Å². The number of ketones is 1. The van der Waals surface area contributed by atoms with Crippen molar-refractivity contribution in [2.24, 2.45) is 0 Å². The minimum Gasteiger partial charge on any atom is -0.494 e. The number of hydrogen-bond donors (Lipinski definition) is 1. The highest BCUT2D eigenvalue weighted by molar-refractivity contribution is 5.75. The van der Waals surface area contributed by atoms with Crippen LogP contribution >= 0.6 is 0 Å². The summed E-state index contributed by atoms with van der Waals surface area (Å²) in [4.78, 5) is 10.8. The molecular formula is C18H21NO2. The van der Waals surface area contributed by atoms with Gasteiger partial charge in [0.15, 0.2) is 0 Å². The summed E-state index contributed by atoms with van der Waals surface area (Å²) in [5.41, 5.74) is 2.10. The van der Waals surface area contributed by atoms with Crippen molar-refractivity contribution in [2.75, 3.05) is 11.9 Å². The zero-order valence-electron chi connectivity index (χ0n) is 12.3. The van der Waals surface area contributed by atoms with Crippen molar-refractivity contribution < 1.29 is 9.53 Å². The Morgan fingerprint density at radius 3 is 2.29 bits per heavy atom. The van der Waals surface area contributed by atoms with Gasteiger partial charge in [0.2, 0.25) is 0 Å². The SMILES string of the molecule is CC(=O)CCCCOc1ccc(Nc2ccccc2)cc1. The van der Waals surface area contributed by atoms with Gasteiger partial charge >= 0.3 is 0 Å². The molecule has 2 aromatic carbocycles. The van der Waals surface area contributed by atoms with Gasteiger partial charge in [-0.2, -0.15) is 0 Å². The van der Waals surface area contributed by atoms with E-state index in [-0.39, 0.29) is 5.78 Å². The molecule has 0 radical (unpaired) electrons. The zero-order valence-corrected chi connectivity index (χ0v) is 12.3. The van der Waals surface area contributed by atoms with Gasteiger partial charge in [-0.25, -0.2) is 0 Å². The molecule has 0 spiro atoms. The maximum atomic E-state index is 10.8. The van der Waals surface area contributed by atoms with Crippen molar-refractivity contribution in [3.8, 4) is 5.75 Å². The van der Waals surface area contributed by atoms with Gasteiger partial charge in [-0.05, 0) is 56.2 Å². The third-order valence-corrected chi connectivity index (χ3v) is 3.11. The molecule has 3 heteroatoms. The molecule has 110 valence electrons. The molecule has 0 saturated heterocycles. The lowest BCUT2D eigenvalue weighted by Crippen LogP contribution is -1.99. The quantitative estimate of drug-likeness (QED) is 0.721. The van der Waals surface area contributed by atoms with Crippen LogP contribution in [0.5, 0.6) is 5.75 Å². The number of hydrogen-bond acceptors (Lipinski definition) is 3. The lowest BCUT2D eigenvalue weighted by atomic mass is 10.2. The summed E-state index contributed by atoms with van der Waals surface area (Å²) in [5.74, 6) is 1.10. The first-order valence-corrected chi connectivity index (χ1v) is 7.28. The molecule has 0 saturated carbocycles. The minimum absolute atomic E-state index is 0.242. The van der Waals surface area contributed by atoms with Crippen molar-refractivity contribution in [2.45, 2.75) is 26.2 Å². The number of nitrogens with one attached hydrogen (secondary N) is 1. The van der Waals surface area contributed by atoms with Crippen LogP contribution < -0.4 is 10.1 Å². The summed E-state index contributed by atoms with van der Waals surface area (Å²) in [6.45, 7) is 2.28. The van der Waals surface area contributed by atoms with E-state index in [0.717, 1.165) is 30.0 Å². The van der Waals surface area contributed by atoms with Gasteiger partial charge < -0.3 is 14.8 Å². The van der Waals surface area contributed by atoms with E-state index in [1.165, 1.54) is 0 Å². The number of rotatable bonds is 8. The number of benzene rings is 2. The molecule has 0 aromatic heterocycles. The Morgan fingerprint density at radius 1 is 0.952 bits per heavy atom. The van der Waals surface area contributed by atoms with Crippen LogP contribution in [0.1, 0.15) is 26.2 Å². The molecule has 0 bridgehead atoms. The summed E-state index contributed by atoms with van der Waals surface area (Å²) >= 11 is 0. The second-order valence-corrected chi connectivity index (χ2v) is 5.02. The van der Waals surface area contributed by atoms with Crippen LogP contribution in [0.4, 0.5) is 11.4 Å². The fraction of sp³-hybridized carbons (Fsp3) is 0.278. The number of unbranched alkanes of at least 4 members (excludes halogenated alkanes) is 1. The molecule has 0 atom stereocenters. The number of Topliss-reactive ketones (excluding diaryl/α,β-unsaturated/α-hetero) is 1. The summed E-state index contributed by atoms with van der Waals surface area (Å²) in [7, 11) is 0. The number of carbonyl (C=O) groups is 1. The van der Waals surface area contributed by atoms with Gasteiger partial charge in [0, 0.05) is 17.8 Å². The highest BCUT2D eigenvalue weighted by Crippen LogP contribution is 2.20. The smallest absolute Gasteiger partial charge is 0.129 e. The molecule has 0 heterocycles. The van der Waals surface area contributed by atoms with Gasteiger partial charge in [0.1, 0.15) is 11.5 Å². The lowest BCUT2D eigenvalue weighted by Gasteiger charge is -2.09. The van der Waals surface area contributed by atoms with E-state index in [9.17, 15) is 4.79 Å². The monoisotopic (exact) mass is 283 g/mol. The molecule has 0 aliphatic rings. The molecule has 0 unspecified atom stereocenters. The molecule has 0 aliphatic heterocycles. The molecule has 0 aliphatic carbocycles. The third-order valence-electron chi connectivity index (χ3n) is 3.11. The predicted molar refractivity (Wildman–Crippen MR) is 86.2 cm³/mol. The average molecular weight is 283 g/mol. The Balaban J connectivity index is 1.75. The van der Waals surface area contributed by atoms with E-state index in [1.807, 2.05) is 54.6 Å². The first kappa shape index (κ1) is 15.1. The second-order valence-electron chi connectivity index (χ2n) is 5.02.